The van der Waals surface area contributed by atoms with E-state index in [1.54, 1.807) is 31.3 Å². The van der Waals surface area contributed by atoms with Gasteiger partial charge >= 0.3 is 0 Å². The smallest absolute Gasteiger partial charge is 0.261 e. The summed E-state index contributed by atoms with van der Waals surface area (Å²) in [4.78, 5) is 12.0. The van der Waals surface area contributed by atoms with E-state index in [0.29, 0.717) is 11.4 Å². The SMILES string of the molecule is CNc1ccccc1NC(=O)c1c(F)cc(Br)cc1F. The van der Waals surface area contributed by atoms with Crippen LogP contribution in [0.4, 0.5) is 20.2 Å². The highest BCUT2D eigenvalue weighted by Crippen LogP contribution is 2.24. The van der Waals surface area contributed by atoms with E-state index in [2.05, 4.69) is 26.6 Å². The number of amides is 1. The predicted octanol–water partition coefficient (Wildman–Crippen LogP) is 4.02. The van der Waals surface area contributed by atoms with Crippen LogP contribution >= 0.6 is 15.9 Å². The molecular weight excluding hydrogens is 330 g/mol. The minimum absolute atomic E-state index is 0.236. The molecule has 0 saturated carbocycles. The number of hydrogen-bond donors (Lipinski definition) is 2. The molecule has 0 aliphatic heterocycles. The molecule has 0 atom stereocenters. The third kappa shape index (κ3) is 2.96. The molecule has 0 aromatic heterocycles. The molecule has 0 unspecified atom stereocenters. The van der Waals surface area contributed by atoms with Crippen molar-refractivity contribution in [3.05, 3.63) is 58.1 Å². The number of anilines is 2. The molecule has 0 radical (unpaired) electrons. The Morgan fingerprint density at radius 2 is 1.65 bits per heavy atom. The minimum Gasteiger partial charge on any atom is -0.386 e. The fourth-order valence-electron chi connectivity index (χ4n) is 1.75. The van der Waals surface area contributed by atoms with Crippen LogP contribution in [-0.4, -0.2) is 13.0 Å². The van der Waals surface area contributed by atoms with Gasteiger partial charge in [0.25, 0.3) is 5.91 Å². The van der Waals surface area contributed by atoms with Crippen molar-refractivity contribution in [1.29, 1.82) is 0 Å². The Hall–Kier alpha value is -1.95. The molecule has 0 saturated heterocycles. The Kier molecular flexibility index (Phi) is 4.34. The Labute approximate surface area is 123 Å². The van der Waals surface area contributed by atoms with Gasteiger partial charge in [-0.2, -0.15) is 0 Å². The second-order valence-electron chi connectivity index (χ2n) is 3.99. The topological polar surface area (TPSA) is 41.1 Å². The highest BCUT2D eigenvalue weighted by atomic mass is 79.9. The lowest BCUT2D eigenvalue weighted by atomic mass is 10.1. The molecule has 3 nitrogen and oxygen atoms in total. The van der Waals surface area contributed by atoms with E-state index < -0.39 is 23.1 Å². The maximum absolute atomic E-state index is 13.7. The summed E-state index contributed by atoms with van der Waals surface area (Å²) in [6, 6.07) is 8.96. The molecule has 104 valence electrons. The van der Waals surface area contributed by atoms with Crippen molar-refractivity contribution in [2.75, 3.05) is 17.7 Å². The Bertz CT molecular complexity index is 638. The van der Waals surface area contributed by atoms with E-state index in [1.165, 1.54) is 0 Å². The number of carbonyl (C=O) groups is 1. The number of para-hydroxylation sites is 2. The lowest BCUT2D eigenvalue weighted by Gasteiger charge is -2.11. The van der Waals surface area contributed by atoms with Gasteiger partial charge in [0.05, 0.1) is 11.4 Å². The van der Waals surface area contributed by atoms with Gasteiger partial charge in [-0.15, -0.1) is 0 Å². The molecule has 2 aromatic carbocycles. The quantitative estimate of drug-likeness (QED) is 0.885. The molecular formula is C14H11BrF2N2O. The van der Waals surface area contributed by atoms with Crippen molar-refractivity contribution in [2.24, 2.45) is 0 Å². The number of halogens is 3. The zero-order valence-corrected chi connectivity index (χ0v) is 12.1. The van der Waals surface area contributed by atoms with Crippen LogP contribution in [0.25, 0.3) is 0 Å². The molecule has 0 bridgehead atoms. The number of rotatable bonds is 3. The number of carbonyl (C=O) groups excluding carboxylic acids is 1. The highest BCUT2D eigenvalue weighted by molar-refractivity contribution is 9.10. The predicted molar refractivity (Wildman–Crippen MR) is 78.0 cm³/mol. The largest absolute Gasteiger partial charge is 0.386 e. The maximum Gasteiger partial charge on any atom is 0.261 e. The zero-order chi connectivity index (χ0) is 14.7. The molecule has 0 fully saturated rings. The zero-order valence-electron chi connectivity index (χ0n) is 10.5. The van der Waals surface area contributed by atoms with Crippen LogP contribution in [0, 0.1) is 11.6 Å². The summed E-state index contributed by atoms with van der Waals surface area (Å²) in [5.41, 5.74) is 0.486. The first-order valence-corrected chi connectivity index (χ1v) is 6.55. The van der Waals surface area contributed by atoms with Crippen LogP contribution < -0.4 is 10.6 Å². The van der Waals surface area contributed by atoms with Gasteiger partial charge in [0.1, 0.15) is 17.2 Å². The lowest BCUT2D eigenvalue weighted by molar-refractivity contribution is 0.101. The van der Waals surface area contributed by atoms with Gasteiger partial charge < -0.3 is 10.6 Å². The summed E-state index contributed by atoms with van der Waals surface area (Å²) in [6.45, 7) is 0. The maximum atomic E-state index is 13.7. The van der Waals surface area contributed by atoms with Gasteiger partial charge in [-0.25, -0.2) is 8.78 Å². The average Bonchev–Trinajstić information content (AvgIpc) is 2.38. The first-order valence-electron chi connectivity index (χ1n) is 5.75. The van der Waals surface area contributed by atoms with Crippen LogP contribution in [0.1, 0.15) is 10.4 Å². The second-order valence-corrected chi connectivity index (χ2v) is 4.91. The molecule has 0 spiro atoms. The van der Waals surface area contributed by atoms with Gasteiger partial charge in [0, 0.05) is 11.5 Å². The molecule has 2 N–H and O–H groups in total. The molecule has 20 heavy (non-hydrogen) atoms. The fraction of sp³-hybridized carbons (Fsp3) is 0.0714. The van der Waals surface area contributed by atoms with Gasteiger partial charge in [-0.05, 0) is 24.3 Å². The minimum atomic E-state index is -0.920. The van der Waals surface area contributed by atoms with Crippen LogP contribution in [0.3, 0.4) is 0 Å². The summed E-state index contributed by atoms with van der Waals surface area (Å²) >= 11 is 2.96. The molecule has 0 heterocycles. The molecule has 1 amide bonds. The van der Waals surface area contributed by atoms with E-state index in [-0.39, 0.29) is 4.47 Å². The van der Waals surface area contributed by atoms with Crippen molar-refractivity contribution in [1.82, 2.24) is 0 Å². The third-order valence-electron chi connectivity index (χ3n) is 2.68. The Morgan fingerprint density at radius 1 is 1.10 bits per heavy atom. The van der Waals surface area contributed by atoms with Gasteiger partial charge in [-0.3, -0.25) is 4.79 Å². The molecule has 2 aromatic rings. The lowest BCUT2D eigenvalue weighted by Crippen LogP contribution is -2.16. The van der Waals surface area contributed by atoms with E-state index in [0.717, 1.165) is 12.1 Å². The summed E-state index contributed by atoms with van der Waals surface area (Å²) in [6.07, 6.45) is 0. The molecule has 6 heteroatoms. The summed E-state index contributed by atoms with van der Waals surface area (Å²) < 4.78 is 27.6. The first-order chi connectivity index (χ1) is 9.52. The number of benzene rings is 2. The monoisotopic (exact) mass is 340 g/mol. The van der Waals surface area contributed by atoms with Crippen LogP contribution in [0.15, 0.2) is 40.9 Å². The van der Waals surface area contributed by atoms with Crippen LogP contribution in [0.2, 0.25) is 0 Å². The highest BCUT2D eigenvalue weighted by Gasteiger charge is 2.19. The van der Waals surface area contributed by atoms with Crippen LogP contribution in [-0.2, 0) is 0 Å². The van der Waals surface area contributed by atoms with E-state index in [4.69, 9.17) is 0 Å². The van der Waals surface area contributed by atoms with Crippen molar-refractivity contribution >= 4 is 33.2 Å². The fourth-order valence-corrected chi connectivity index (χ4v) is 2.16. The van der Waals surface area contributed by atoms with Crippen LogP contribution in [0.5, 0.6) is 0 Å². The normalized spacial score (nSPS) is 10.2. The van der Waals surface area contributed by atoms with Crippen molar-refractivity contribution in [2.45, 2.75) is 0 Å². The summed E-state index contributed by atoms with van der Waals surface area (Å²) in [5, 5.41) is 5.36. The standard InChI is InChI=1S/C14H11BrF2N2O/c1-18-11-4-2-3-5-12(11)19-14(20)13-9(16)6-8(15)7-10(13)17/h2-7,18H,1H3,(H,19,20). The third-order valence-corrected chi connectivity index (χ3v) is 3.14. The van der Waals surface area contributed by atoms with Crippen molar-refractivity contribution < 1.29 is 13.6 Å². The van der Waals surface area contributed by atoms with Crippen molar-refractivity contribution in [3.63, 3.8) is 0 Å². The average molecular weight is 341 g/mol. The Balaban J connectivity index is 2.34. The van der Waals surface area contributed by atoms with E-state index in [9.17, 15) is 13.6 Å². The molecule has 0 aliphatic carbocycles. The van der Waals surface area contributed by atoms with E-state index >= 15 is 0 Å². The first kappa shape index (κ1) is 14.5. The molecule has 0 aliphatic rings. The van der Waals surface area contributed by atoms with Gasteiger partial charge in [0.2, 0.25) is 0 Å². The van der Waals surface area contributed by atoms with E-state index in [1.807, 2.05) is 0 Å². The van der Waals surface area contributed by atoms with Crippen molar-refractivity contribution in [3.8, 4) is 0 Å². The van der Waals surface area contributed by atoms with Gasteiger partial charge in [-0.1, -0.05) is 28.1 Å². The Morgan fingerprint density at radius 3 is 2.20 bits per heavy atom. The van der Waals surface area contributed by atoms with Gasteiger partial charge in [0.15, 0.2) is 0 Å². The number of hydrogen-bond acceptors (Lipinski definition) is 2. The summed E-state index contributed by atoms with van der Waals surface area (Å²) in [7, 11) is 1.69. The second kappa shape index (κ2) is 6.00. The summed E-state index contributed by atoms with van der Waals surface area (Å²) in [5.74, 6) is -2.68. The molecule has 2 rings (SSSR count). The number of nitrogens with one attached hydrogen (secondary N) is 2.